The first kappa shape index (κ1) is 21.7. The van der Waals surface area contributed by atoms with Gasteiger partial charge in [0.15, 0.2) is 0 Å². The van der Waals surface area contributed by atoms with Crippen LogP contribution >= 0.6 is 0 Å². The molecular formula is C35H28N2. The van der Waals surface area contributed by atoms with Crippen molar-refractivity contribution in [2.24, 2.45) is 0 Å². The van der Waals surface area contributed by atoms with Crippen LogP contribution in [-0.4, -0.2) is 9.13 Å². The number of aryl methyl sites for hydroxylation is 2. The van der Waals surface area contributed by atoms with E-state index in [0.717, 1.165) is 12.1 Å². The molecule has 2 heteroatoms. The minimum atomic E-state index is 0.809. The molecule has 7 aromatic rings. The zero-order valence-corrected chi connectivity index (χ0v) is 21.2. The molecule has 0 saturated carbocycles. The average molecular weight is 477 g/mol. The third-order valence-electron chi connectivity index (χ3n) is 7.63. The fraction of sp³-hybridized carbons (Fsp3) is 0.0857. The Hall–Kier alpha value is -4.56. The van der Waals surface area contributed by atoms with Gasteiger partial charge < -0.3 is 9.13 Å². The largest absolute Gasteiger partial charge is 0.335 e. The van der Waals surface area contributed by atoms with Gasteiger partial charge in [-0.25, -0.2) is 0 Å². The number of nitrogens with zero attached hydrogens (tertiary/aromatic N) is 2. The molecule has 0 aliphatic rings. The molecule has 2 aromatic heterocycles. The molecule has 0 aliphatic heterocycles. The van der Waals surface area contributed by atoms with Gasteiger partial charge in [0.2, 0.25) is 0 Å². The minimum absolute atomic E-state index is 0.809. The lowest BCUT2D eigenvalue weighted by Crippen LogP contribution is -2.00. The number of benzene rings is 5. The third kappa shape index (κ3) is 3.33. The Kier molecular flexibility index (Phi) is 4.84. The van der Waals surface area contributed by atoms with Crippen molar-refractivity contribution in [3.8, 4) is 5.69 Å². The molecule has 0 radical (unpaired) electrons. The summed E-state index contributed by atoms with van der Waals surface area (Å²) < 4.78 is 4.95. The second kappa shape index (κ2) is 8.25. The maximum absolute atomic E-state index is 3.92. The maximum Gasteiger partial charge on any atom is 0.0596 e. The summed E-state index contributed by atoms with van der Waals surface area (Å²) >= 11 is 0. The van der Waals surface area contributed by atoms with Crippen LogP contribution in [0.25, 0.3) is 55.4 Å². The first-order valence-electron chi connectivity index (χ1n) is 12.9. The highest BCUT2D eigenvalue weighted by atomic mass is 15.0. The summed E-state index contributed by atoms with van der Waals surface area (Å²) in [5.74, 6) is 0. The molecule has 0 saturated heterocycles. The van der Waals surface area contributed by atoms with E-state index in [1.165, 1.54) is 66.0 Å². The fourth-order valence-corrected chi connectivity index (χ4v) is 5.87. The molecule has 0 fully saturated rings. The zero-order chi connectivity index (χ0) is 25.1. The molecule has 0 spiro atoms. The molecular weight excluding hydrogens is 448 g/mol. The molecule has 0 amide bonds. The van der Waals surface area contributed by atoms with Crippen LogP contribution in [0.3, 0.4) is 0 Å². The average Bonchev–Trinajstić information content (AvgIpc) is 3.41. The van der Waals surface area contributed by atoms with E-state index >= 15 is 0 Å². The Bertz CT molecular complexity index is 1970. The van der Waals surface area contributed by atoms with E-state index in [9.17, 15) is 0 Å². The molecule has 0 N–H and O–H groups in total. The summed E-state index contributed by atoms with van der Waals surface area (Å²) in [5.41, 5.74) is 11.2. The smallest absolute Gasteiger partial charge is 0.0596 e. The Labute approximate surface area is 216 Å². The van der Waals surface area contributed by atoms with Crippen LogP contribution in [0.2, 0.25) is 0 Å². The van der Waals surface area contributed by atoms with E-state index in [2.05, 4.69) is 133 Å². The number of hydrogen-bond donors (Lipinski definition) is 0. The van der Waals surface area contributed by atoms with Crippen molar-refractivity contribution in [1.82, 2.24) is 9.13 Å². The van der Waals surface area contributed by atoms with Crippen molar-refractivity contribution in [2.75, 3.05) is 0 Å². The minimum Gasteiger partial charge on any atom is -0.335 e. The van der Waals surface area contributed by atoms with Crippen molar-refractivity contribution in [3.05, 3.63) is 132 Å². The van der Waals surface area contributed by atoms with Crippen molar-refractivity contribution < 1.29 is 0 Å². The third-order valence-corrected chi connectivity index (χ3v) is 7.63. The van der Waals surface area contributed by atoms with Gasteiger partial charge in [-0.1, -0.05) is 85.5 Å². The number of rotatable bonds is 4. The van der Waals surface area contributed by atoms with E-state index in [4.69, 9.17) is 0 Å². The molecule has 178 valence electrons. The lowest BCUT2D eigenvalue weighted by molar-refractivity contribution is 0.871. The van der Waals surface area contributed by atoms with Gasteiger partial charge in [-0.05, 0) is 66.4 Å². The predicted molar refractivity (Wildman–Crippen MR) is 159 cm³/mol. The fourth-order valence-electron chi connectivity index (χ4n) is 5.87. The van der Waals surface area contributed by atoms with Crippen molar-refractivity contribution in [1.29, 1.82) is 0 Å². The van der Waals surface area contributed by atoms with Gasteiger partial charge in [-0.3, -0.25) is 0 Å². The zero-order valence-electron chi connectivity index (χ0n) is 21.2. The van der Waals surface area contributed by atoms with Crippen LogP contribution in [0.4, 0.5) is 0 Å². The van der Waals surface area contributed by atoms with E-state index in [1.54, 1.807) is 0 Å². The van der Waals surface area contributed by atoms with E-state index < -0.39 is 0 Å². The molecule has 7 rings (SSSR count). The summed E-state index contributed by atoms with van der Waals surface area (Å²) in [6, 6.07) is 37.8. The van der Waals surface area contributed by atoms with E-state index in [-0.39, 0.29) is 0 Å². The highest BCUT2D eigenvalue weighted by Gasteiger charge is 2.20. The van der Waals surface area contributed by atoms with Crippen molar-refractivity contribution >= 4 is 49.7 Å². The van der Waals surface area contributed by atoms with Gasteiger partial charge in [-0.15, -0.1) is 0 Å². The van der Waals surface area contributed by atoms with Crippen LogP contribution in [0, 0.1) is 13.8 Å². The van der Waals surface area contributed by atoms with Crippen LogP contribution < -0.4 is 0 Å². The SMILES string of the molecule is C=Cc1ccc(Cn2c3cc(C)ccc3c3ccc4c(c5ccc(C)cc5n4-c4ccccc4)c32)cc1. The second-order valence-corrected chi connectivity index (χ2v) is 10.1. The first-order valence-corrected chi connectivity index (χ1v) is 12.9. The summed E-state index contributed by atoms with van der Waals surface area (Å²) in [6.07, 6.45) is 1.90. The molecule has 0 atom stereocenters. The first-order chi connectivity index (χ1) is 18.1. The number of hydrogen-bond acceptors (Lipinski definition) is 0. The lowest BCUT2D eigenvalue weighted by atomic mass is 10.1. The molecule has 5 aromatic carbocycles. The summed E-state index contributed by atoms with van der Waals surface area (Å²) in [6.45, 7) is 9.08. The highest BCUT2D eigenvalue weighted by molar-refractivity contribution is 6.25. The van der Waals surface area contributed by atoms with E-state index in [0.29, 0.717) is 0 Å². The van der Waals surface area contributed by atoms with Gasteiger partial charge in [0.05, 0.1) is 16.6 Å². The van der Waals surface area contributed by atoms with Crippen LogP contribution in [0.15, 0.2) is 110 Å². The van der Waals surface area contributed by atoms with E-state index in [1.807, 2.05) is 6.08 Å². The van der Waals surface area contributed by atoms with Gasteiger partial charge in [-0.2, -0.15) is 0 Å². The summed E-state index contributed by atoms with van der Waals surface area (Å²) in [5, 5.41) is 5.21. The highest BCUT2D eigenvalue weighted by Crippen LogP contribution is 2.41. The topological polar surface area (TPSA) is 9.86 Å². The Morgan fingerprint density at radius 2 is 1.32 bits per heavy atom. The van der Waals surface area contributed by atoms with Crippen LogP contribution in [0.1, 0.15) is 22.3 Å². The summed E-state index contributed by atoms with van der Waals surface area (Å²) in [7, 11) is 0. The van der Waals surface area contributed by atoms with Gasteiger partial charge in [0.1, 0.15) is 0 Å². The predicted octanol–water partition coefficient (Wildman–Crippen LogP) is 9.20. The molecule has 2 heterocycles. The number of fused-ring (bicyclic) bond motifs is 7. The molecule has 0 bridgehead atoms. The summed E-state index contributed by atoms with van der Waals surface area (Å²) in [4.78, 5) is 0. The molecule has 2 nitrogen and oxygen atoms in total. The molecule has 0 aliphatic carbocycles. The van der Waals surface area contributed by atoms with Gasteiger partial charge in [0, 0.05) is 39.3 Å². The van der Waals surface area contributed by atoms with Gasteiger partial charge >= 0.3 is 0 Å². The lowest BCUT2D eigenvalue weighted by Gasteiger charge is -2.11. The van der Waals surface area contributed by atoms with Gasteiger partial charge in [0.25, 0.3) is 0 Å². The molecule has 37 heavy (non-hydrogen) atoms. The standard InChI is InChI=1S/C35H28N2/c1-4-25-12-14-26(15-13-25)22-36-32-20-23(2)10-16-28(32)29-18-19-31-34(35(29)36)30-17-11-24(3)21-33(30)37(31)27-8-6-5-7-9-27/h4-21H,1,22H2,2-3H3. The van der Waals surface area contributed by atoms with Crippen LogP contribution in [0.5, 0.6) is 0 Å². The normalized spacial score (nSPS) is 11.7. The quantitative estimate of drug-likeness (QED) is 0.240. The number of para-hydroxylation sites is 1. The maximum atomic E-state index is 3.92. The number of aromatic nitrogens is 2. The molecule has 0 unspecified atom stereocenters. The monoisotopic (exact) mass is 476 g/mol. The Morgan fingerprint density at radius 1 is 0.649 bits per heavy atom. The van der Waals surface area contributed by atoms with Crippen molar-refractivity contribution in [3.63, 3.8) is 0 Å². The Morgan fingerprint density at radius 3 is 2.05 bits per heavy atom. The second-order valence-electron chi connectivity index (χ2n) is 10.1. The van der Waals surface area contributed by atoms with Crippen LogP contribution in [-0.2, 0) is 6.54 Å². The van der Waals surface area contributed by atoms with Crippen molar-refractivity contribution in [2.45, 2.75) is 20.4 Å². The Balaban J connectivity index is 1.64.